The van der Waals surface area contributed by atoms with E-state index in [1.54, 1.807) is 17.1 Å². The highest BCUT2D eigenvalue weighted by Crippen LogP contribution is 2.15. The van der Waals surface area contributed by atoms with Crippen LogP contribution in [0.3, 0.4) is 0 Å². The molecule has 4 heteroatoms. The van der Waals surface area contributed by atoms with Gasteiger partial charge in [0.05, 0.1) is 12.5 Å². The van der Waals surface area contributed by atoms with Crippen molar-refractivity contribution in [3.05, 3.63) is 47.0 Å². The lowest BCUT2D eigenvalue weighted by atomic mass is 10.3. The third-order valence-corrected chi connectivity index (χ3v) is 2.63. The van der Waals surface area contributed by atoms with Crippen LogP contribution in [0.25, 0.3) is 5.69 Å². The quantitative estimate of drug-likeness (QED) is 0.782. The normalized spacial score (nSPS) is 10.3. The minimum absolute atomic E-state index is 0.00965. The Balaban J connectivity index is 2.49. The van der Waals surface area contributed by atoms with Gasteiger partial charge in [-0.1, -0.05) is 15.9 Å². The van der Waals surface area contributed by atoms with Gasteiger partial charge in [0.2, 0.25) is 0 Å². The first-order valence-electron chi connectivity index (χ1n) is 4.47. The maximum atomic E-state index is 11.3. The van der Waals surface area contributed by atoms with Crippen LogP contribution in [0.4, 0.5) is 0 Å². The number of carbonyl (C=O) groups is 1. The second-order valence-corrected chi connectivity index (χ2v) is 4.10. The summed E-state index contributed by atoms with van der Waals surface area (Å²) in [5.74, 6) is 0.00965. The van der Waals surface area contributed by atoms with Crippen molar-refractivity contribution in [3.8, 4) is 5.69 Å². The molecule has 0 bridgehead atoms. The minimum atomic E-state index is 0.00965. The smallest absolute Gasteiger partial charge is 0.178 e. The number of ketones is 1. The van der Waals surface area contributed by atoms with Crippen molar-refractivity contribution in [2.45, 2.75) is 6.92 Å². The summed E-state index contributed by atoms with van der Waals surface area (Å²) in [7, 11) is 0. The highest BCUT2D eigenvalue weighted by molar-refractivity contribution is 9.10. The Labute approximate surface area is 95.9 Å². The zero-order valence-corrected chi connectivity index (χ0v) is 9.73. The summed E-state index contributed by atoms with van der Waals surface area (Å²) in [6, 6.07) is 7.72. The Bertz CT molecular complexity index is 488. The zero-order valence-electron chi connectivity index (χ0n) is 8.14. The van der Waals surface area contributed by atoms with E-state index < -0.39 is 0 Å². The summed E-state index contributed by atoms with van der Waals surface area (Å²) < 4.78 is 2.78. The van der Waals surface area contributed by atoms with Gasteiger partial charge in [-0.25, -0.2) is 4.98 Å². The molecule has 0 N–H and O–H groups in total. The molecular weight excluding hydrogens is 256 g/mol. The predicted octanol–water partition coefficient (Wildman–Crippen LogP) is 2.84. The first kappa shape index (κ1) is 10.1. The fraction of sp³-hybridized carbons (Fsp3) is 0.0909. The summed E-state index contributed by atoms with van der Waals surface area (Å²) in [6.07, 6.45) is 3.21. The van der Waals surface area contributed by atoms with E-state index in [4.69, 9.17) is 0 Å². The Morgan fingerprint density at radius 1 is 1.33 bits per heavy atom. The third-order valence-electron chi connectivity index (χ3n) is 2.10. The van der Waals surface area contributed by atoms with Crippen molar-refractivity contribution >= 4 is 21.7 Å². The Hall–Kier alpha value is -1.42. The third kappa shape index (κ3) is 1.99. The molecule has 1 aromatic carbocycles. The van der Waals surface area contributed by atoms with Gasteiger partial charge in [0.1, 0.15) is 5.69 Å². The van der Waals surface area contributed by atoms with E-state index in [0.717, 1.165) is 10.2 Å². The van der Waals surface area contributed by atoms with Crippen LogP contribution in [-0.4, -0.2) is 15.3 Å². The van der Waals surface area contributed by atoms with Crippen molar-refractivity contribution in [2.75, 3.05) is 0 Å². The number of benzene rings is 1. The van der Waals surface area contributed by atoms with E-state index in [0.29, 0.717) is 5.69 Å². The Morgan fingerprint density at radius 3 is 2.60 bits per heavy atom. The summed E-state index contributed by atoms with van der Waals surface area (Å²) in [4.78, 5) is 15.3. The van der Waals surface area contributed by atoms with Gasteiger partial charge in [-0.2, -0.15) is 0 Å². The maximum Gasteiger partial charge on any atom is 0.178 e. The second kappa shape index (κ2) is 3.98. The number of halogens is 1. The van der Waals surface area contributed by atoms with Crippen LogP contribution in [0.2, 0.25) is 0 Å². The lowest BCUT2D eigenvalue weighted by molar-refractivity contribution is 0.101. The molecule has 0 aliphatic rings. The molecule has 0 unspecified atom stereocenters. The Kier molecular flexibility index (Phi) is 2.68. The first-order chi connectivity index (χ1) is 7.18. The SMILES string of the molecule is CC(=O)c1cncn1-c1ccc(Br)cc1. The summed E-state index contributed by atoms with van der Waals surface area (Å²) in [6.45, 7) is 1.53. The van der Waals surface area contributed by atoms with Crippen LogP contribution in [0.15, 0.2) is 41.3 Å². The average Bonchev–Trinajstić information content (AvgIpc) is 2.67. The minimum Gasteiger partial charge on any atom is -0.296 e. The molecular formula is C11H9BrN2O. The molecule has 0 atom stereocenters. The van der Waals surface area contributed by atoms with E-state index in [-0.39, 0.29) is 5.78 Å². The lowest BCUT2D eigenvalue weighted by Crippen LogP contribution is -2.02. The van der Waals surface area contributed by atoms with Gasteiger partial charge < -0.3 is 0 Å². The largest absolute Gasteiger partial charge is 0.296 e. The molecule has 0 saturated heterocycles. The molecule has 15 heavy (non-hydrogen) atoms. The van der Waals surface area contributed by atoms with Crippen LogP contribution in [-0.2, 0) is 0 Å². The van der Waals surface area contributed by atoms with Crippen LogP contribution >= 0.6 is 15.9 Å². The number of Topliss-reactive ketones (excluding diaryl/α,β-unsaturated/α-hetero) is 1. The highest BCUT2D eigenvalue weighted by atomic mass is 79.9. The summed E-state index contributed by atoms with van der Waals surface area (Å²) in [5, 5.41) is 0. The molecule has 0 aliphatic heterocycles. The van der Waals surface area contributed by atoms with Gasteiger partial charge in [0.15, 0.2) is 5.78 Å². The van der Waals surface area contributed by atoms with E-state index in [2.05, 4.69) is 20.9 Å². The number of carbonyl (C=O) groups excluding carboxylic acids is 1. The summed E-state index contributed by atoms with van der Waals surface area (Å²) in [5.41, 5.74) is 1.53. The van der Waals surface area contributed by atoms with Gasteiger partial charge >= 0.3 is 0 Å². The van der Waals surface area contributed by atoms with Crippen molar-refractivity contribution in [3.63, 3.8) is 0 Å². The predicted molar refractivity (Wildman–Crippen MR) is 61.3 cm³/mol. The van der Waals surface area contributed by atoms with Gasteiger partial charge in [0.25, 0.3) is 0 Å². The molecule has 0 amide bonds. The monoisotopic (exact) mass is 264 g/mol. The van der Waals surface area contributed by atoms with Crippen molar-refractivity contribution in [1.82, 2.24) is 9.55 Å². The van der Waals surface area contributed by atoms with Gasteiger partial charge in [-0.3, -0.25) is 9.36 Å². The zero-order chi connectivity index (χ0) is 10.8. The molecule has 0 fully saturated rings. The number of rotatable bonds is 2. The van der Waals surface area contributed by atoms with Gasteiger partial charge in [0, 0.05) is 17.1 Å². The topological polar surface area (TPSA) is 34.9 Å². The molecule has 76 valence electrons. The first-order valence-corrected chi connectivity index (χ1v) is 5.27. The van der Waals surface area contributed by atoms with E-state index in [1.165, 1.54) is 6.92 Å². The van der Waals surface area contributed by atoms with E-state index in [1.807, 2.05) is 24.3 Å². The highest BCUT2D eigenvalue weighted by Gasteiger charge is 2.07. The fourth-order valence-corrected chi connectivity index (χ4v) is 1.63. The molecule has 3 nitrogen and oxygen atoms in total. The molecule has 1 heterocycles. The molecule has 2 aromatic rings. The van der Waals surface area contributed by atoms with Gasteiger partial charge in [-0.05, 0) is 24.3 Å². The van der Waals surface area contributed by atoms with Gasteiger partial charge in [-0.15, -0.1) is 0 Å². The summed E-state index contributed by atoms with van der Waals surface area (Å²) >= 11 is 3.36. The number of imidazole rings is 1. The maximum absolute atomic E-state index is 11.3. The molecule has 0 radical (unpaired) electrons. The number of nitrogens with zero attached hydrogens (tertiary/aromatic N) is 2. The standard InChI is InChI=1S/C11H9BrN2O/c1-8(15)11-6-13-7-14(11)10-4-2-9(12)3-5-10/h2-7H,1H3. The van der Waals surface area contributed by atoms with Crippen molar-refractivity contribution in [1.29, 1.82) is 0 Å². The fourth-order valence-electron chi connectivity index (χ4n) is 1.36. The molecule has 2 rings (SSSR count). The Morgan fingerprint density at radius 2 is 2.00 bits per heavy atom. The van der Waals surface area contributed by atoms with Crippen LogP contribution < -0.4 is 0 Å². The number of aromatic nitrogens is 2. The average molecular weight is 265 g/mol. The van der Waals surface area contributed by atoms with E-state index >= 15 is 0 Å². The molecule has 0 saturated carbocycles. The molecule has 0 spiro atoms. The second-order valence-electron chi connectivity index (χ2n) is 3.18. The van der Waals surface area contributed by atoms with Crippen LogP contribution in [0.1, 0.15) is 17.4 Å². The molecule has 0 aliphatic carbocycles. The number of hydrogen-bond acceptors (Lipinski definition) is 2. The van der Waals surface area contributed by atoms with Crippen LogP contribution in [0.5, 0.6) is 0 Å². The van der Waals surface area contributed by atoms with Crippen LogP contribution in [0, 0.1) is 0 Å². The lowest BCUT2D eigenvalue weighted by Gasteiger charge is -2.05. The van der Waals surface area contributed by atoms with E-state index in [9.17, 15) is 4.79 Å². The molecule has 1 aromatic heterocycles. The van der Waals surface area contributed by atoms with Crippen molar-refractivity contribution in [2.24, 2.45) is 0 Å². The van der Waals surface area contributed by atoms with Crippen molar-refractivity contribution < 1.29 is 4.79 Å². The number of hydrogen-bond donors (Lipinski definition) is 0.